The molecule has 0 atom stereocenters. The molecule has 0 heterocycles. The highest BCUT2D eigenvalue weighted by Gasteiger charge is 2.06. The van der Waals surface area contributed by atoms with Gasteiger partial charge in [0.15, 0.2) is 0 Å². The molecule has 4 heteroatoms. The number of halogens is 2. The van der Waals surface area contributed by atoms with Gasteiger partial charge in [0.05, 0.1) is 4.48 Å². The lowest BCUT2D eigenvalue weighted by atomic mass is 10.2. The van der Waals surface area contributed by atoms with Crippen LogP contribution >= 0.6 is 38.5 Å². The summed E-state index contributed by atoms with van der Waals surface area (Å²) in [5, 5.41) is 2.83. The molecule has 0 unspecified atom stereocenters. The van der Waals surface area contributed by atoms with E-state index in [1.165, 1.54) is 0 Å². The Balaban J connectivity index is 2.07. The number of nitrogens with one attached hydrogen (secondary N) is 1. The molecule has 0 spiro atoms. The Morgan fingerprint density at radius 1 is 1.05 bits per heavy atom. The van der Waals surface area contributed by atoms with Gasteiger partial charge in [-0.1, -0.05) is 30.3 Å². The van der Waals surface area contributed by atoms with Gasteiger partial charge in [-0.2, -0.15) is 0 Å². The Kier molecular flexibility index (Phi) is 5.15. The van der Waals surface area contributed by atoms with Crippen molar-refractivity contribution in [2.75, 3.05) is 5.32 Å². The number of hydrogen-bond acceptors (Lipinski definition) is 1. The minimum atomic E-state index is -0.162. The lowest BCUT2D eigenvalue weighted by molar-refractivity contribution is -0.112. The molecule has 0 saturated heterocycles. The molecule has 0 saturated carbocycles. The summed E-state index contributed by atoms with van der Waals surface area (Å²) in [7, 11) is 0. The Hall–Kier alpha value is -1.14. The zero-order valence-electron chi connectivity index (χ0n) is 9.94. The fraction of sp³-hybridized carbons (Fsp3) is 0. The molecule has 0 aromatic heterocycles. The van der Waals surface area contributed by atoms with E-state index in [1.807, 2.05) is 54.6 Å². The van der Waals surface area contributed by atoms with Gasteiger partial charge in [-0.3, -0.25) is 4.79 Å². The Bertz CT molecular complexity index is 593. The van der Waals surface area contributed by atoms with Crippen LogP contribution in [-0.4, -0.2) is 5.91 Å². The quantitative estimate of drug-likeness (QED) is 0.559. The number of hydrogen-bond donors (Lipinski definition) is 1. The average molecular weight is 428 g/mol. The third-order valence-electron chi connectivity index (χ3n) is 2.41. The maximum absolute atomic E-state index is 12.0. The standard InChI is InChI=1S/C15H11BrINO/c16-14(10-11-4-2-1-3-5-11)15(19)18-13-8-6-12(17)7-9-13/h1-10H,(H,18,19)/b14-10-. The van der Waals surface area contributed by atoms with Crippen molar-refractivity contribution < 1.29 is 4.79 Å². The van der Waals surface area contributed by atoms with Gasteiger partial charge in [0.1, 0.15) is 0 Å². The number of carbonyl (C=O) groups is 1. The lowest BCUT2D eigenvalue weighted by Gasteiger charge is -2.04. The van der Waals surface area contributed by atoms with Crippen LogP contribution in [0.15, 0.2) is 59.1 Å². The molecule has 19 heavy (non-hydrogen) atoms. The van der Waals surface area contributed by atoms with Crippen molar-refractivity contribution in [3.05, 3.63) is 68.2 Å². The zero-order chi connectivity index (χ0) is 13.7. The Morgan fingerprint density at radius 3 is 2.32 bits per heavy atom. The molecule has 0 fully saturated rings. The highest BCUT2D eigenvalue weighted by atomic mass is 127. The molecule has 2 aromatic rings. The monoisotopic (exact) mass is 427 g/mol. The van der Waals surface area contributed by atoms with E-state index >= 15 is 0 Å². The summed E-state index contributed by atoms with van der Waals surface area (Å²) in [6.07, 6.45) is 1.79. The molecule has 0 radical (unpaired) electrons. The number of carbonyl (C=O) groups excluding carboxylic acids is 1. The largest absolute Gasteiger partial charge is 0.322 e. The van der Waals surface area contributed by atoms with E-state index in [0.717, 1.165) is 14.8 Å². The van der Waals surface area contributed by atoms with Crippen molar-refractivity contribution >= 4 is 56.2 Å². The fourth-order valence-corrected chi connectivity index (χ4v) is 2.21. The summed E-state index contributed by atoms with van der Waals surface area (Å²) in [5.74, 6) is -0.162. The summed E-state index contributed by atoms with van der Waals surface area (Å²) >= 11 is 5.52. The molecular weight excluding hydrogens is 417 g/mol. The SMILES string of the molecule is O=C(Nc1ccc(I)cc1)/C(Br)=C/c1ccccc1. The van der Waals surface area contributed by atoms with Crippen molar-refractivity contribution in [1.29, 1.82) is 0 Å². The van der Waals surface area contributed by atoms with E-state index in [0.29, 0.717) is 4.48 Å². The summed E-state index contributed by atoms with van der Waals surface area (Å²) in [6, 6.07) is 17.4. The zero-order valence-corrected chi connectivity index (χ0v) is 13.7. The maximum atomic E-state index is 12.0. The first-order chi connectivity index (χ1) is 9.15. The Labute approximate surface area is 134 Å². The maximum Gasteiger partial charge on any atom is 0.262 e. The van der Waals surface area contributed by atoms with Crippen molar-refractivity contribution in [3.63, 3.8) is 0 Å². The van der Waals surface area contributed by atoms with Crippen molar-refractivity contribution in [2.24, 2.45) is 0 Å². The molecule has 0 aliphatic heterocycles. The van der Waals surface area contributed by atoms with E-state index in [2.05, 4.69) is 43.8 Å². The third kappa shape index (κ3) is 4.47. The van der Waals surface area contributed by atoms with Gasteiger partial charge in [0.2, 0.25) is 0 Å². The van der Waals surface area contributed by atoms with Crippen LogP contribution in [0.5, 0.6) is 0 Å². The second-order valence-corrected chi connectivity index (χ2v) is 5.96. The van der Waals surface area contributed by atoms with Crippen LogP contribution in [0, 0.1) is 3.57 Å². The topological polar surface area (TPSA) is 29.1 Å². The fourth-order valence-electron chi connectivity index (χ4n) is 1.49. The van der Waals surface area contributed by atoms with Crippen LogP contribution in [0.1, 0.15) is 5.56 Å². The number of benzene rings is 2. The summed E-state index contributed by atoms with van der Waals surface area (Å²) in [4.78, 5) is 12.0. The van der Waals surface area contributed by atoms with Crippen molar-refractivity contribution in [1.82, 2.24) is 0 Å². The molecule has 2 rings (SSSR count). The summed E-state index contributed by atoms with van der Waals surface area (Å²) in [6.45, 7) is 0. The first-order valence-electron chi connectivity index (χ1n) is 5.64. The highest BCUT2D eigenvalue weighted by molar-refractivity contribution is 14.1. The molecule has 2 nitrogen and oxygen atoms in total. The van der Waals surface area contributed by atoms with E-state index < -0.39 is 0 Å². The van der Waals surface area contributed by atoms with Gasteiger partial charge in [-0.05, 0) is 74.4 Å². The molecule has 0 aliphatic rings. The number of rotatable bonds is 3. The van der Waals surface area contributed by atoms with Crippen molar-refractivity contribution in [3.8, 4) is 0 Å². The second kappa shape index (κ2) is 6.86. The van der Waals surface area contributed by atoms with E-state index in [-0.39, 0.29) is 5.91 Å². The van der Waals surface area contributed by atoms with Gasteiger partial charge in [0.25, 0.3) is 5.91 Å². The average Bonchev–Trinajstić information content (AvgIpc) is 2.42. The second-order valence-electron chi connectivity index (χ2n) is 3.86. The van der Waals surface area contributed by atoms with Crippen LogP contribution in [0.3, 0.4) is 0 Å². The predicted molar refractivity (Wildman–Crippen MR) is 91.1 cm³/mol. The summed E-state index contributed by atoms with van der Waals surface area (Å²) < 4.78 is 1.63. The van der Waals surface area contributed by atoms with Crippen LogP contribution in [0.4, 0.5) is 5.69 Å². The molecule has 96 valence electrons. The smallest absolute Gasteiger partial charge is 0.262 e. The van der Waals surface area contributed by atoms with Crippen LogP contribution in [-0.2, 0) is 4.79 Å². The van der Waals surface area contributed by atoms with Gasteiger partial charge in [-0.15, -0.1) is 0 Å². The third-order valence-corrected chi connectivity index (χ3v) is 3.72. The minimum Gasteiger partial charge on any atom is -0.322 e. The Morgan fingerprint density at radius 2 is 1.68 bits per heavy atom. The summed E-state index contributed by atoms with van der Waals surface area (Å²) in [5.41, 5.74) is 1.76. The predicted octanol–water partition coefficient (Wildman–Crippen LogP) is 4.67. The van der Waals surface area contributed by atoms with Crippen LogP contribution in [0.2, 0.25) is 0 Å². The number of amides is 1. The normalized spacial score (nSPS) is 11.2. The van der Waals surface area contributed by atoms with E-state index in [1.54, 1.807) is 6.08 Å². The molecule has 1 N–H and O–H groups in total. The van der Waals surface area contributed by atoms with Gasteiger partial charge in [-0.25, -0.2) is 0 Å². The van der Waals surface area contributed by atoms with Gasteiger partial charge < -0.3 is 5.32 Å². The first-order valence-corrected chi connectivity index (χ1v) is 7.51. The molecule has 0 aliphatic carbocycles. The van der Waals surface area contributed by atoms with E-state index in [9.17, 15) is 4.79 Å². The highest BCUT2D eigenvalue weighted by Crippen LogP contribution is 2.16. The van der Waals surface area contributed by atoms with Crippen LogP contribution in [0.25, 0.3) is 6.08 Å². The minimum absolute atomic E-state index is 0.162. The molecular formula is C15H11BrINO. The number of anilines is 1. The molecule has 2 aromatic carbocycles. The molecule has 0 bridgehead atoms. The van der Waals surface area contributed by atoms with Gasteiger partial charge in [0, 0.05) is 9.26 Å². The lowest BCUT2D eigenvalue weighted by Crippen LogP contribution is -2.11. The molecule has 1 amide bonds. The first kappa shape index (κ1) is 14.3. The van der Waals surface area contributed by atoms with Crippen molar-refractivity contribution in [2.45, 2.75) is 0 Å². The van der Waals surface area contributed by atoms with Crippen LogP contribution < -0.4 is 5.32 Å². The van der Waals surface area contributed by atoms with E-state index in [4.69, 9.17) is 0 Å². The van der Waals surface area contributed by atoms with Gasteiger partial charge >= 0.3 is 0 Å².